The summed E-state index contributed by atoms with van der Waals surface area (Å²) in [6.45, 7) is 3.31. The highest BCUT2D eigenvalue weighted by Crippen LogP contribution is 2.13. The zero-order valence-corrected chi connectivity index (χ0v) is 16.2. The van der Waals surface area contributed by atoms with Gasteiger partial charge in [0.05, 0.1) is 12.2 Å². The van der Waals surface area contributed by atoms with Crippen LogP contribution in [-0.2, 0) is 17.8 Å². The molecular weight excluding hydrogens is 380 g/mol. The molecule has 1 N–H and O–H groups in total. The first kappa shape index (κ1) is 19.6. The van der Waals surface area contributed by atoms with Gasteiger partial charge in [0.2, 0.25) is 5.91 Å². The number of amides is 1. The molecule has 3 aromatic rings. The summed E-state index contributed by atoms with van der Waals surface area (Å²) in [6, 6.07) is 13.7. The Morgan fingerprint density at radius 3 is 2.50 bits per heavy atom. The number of hydrogen-bond donors (Lipinski definition) is 1. The van der Waals surface area contributed by atoms with Crippen LogP contribution in [0.15, 0.2) is 58.1 Å². The summed E-state index contributed by atoms with van der Waals surface area (Å²) in [5, 5.41) is 7.48. The van der Waals surface area contributed by atoms with Crippen LogP contribution in [0.25, 0.3) is 5.69 Å². The Hall–Kier alpha value is -3.19. The maximum atomic E-state index is 13.0. The van der Waals surface area contributed by atoms with Gasteiger partial charge in [-0.25, -0.2) is 4.79 Å². The lowest BCUT2D eigenvalue weighted by atomic mass is 10.2. The minimum atomic E-state index is -0.558. The van der Waals surface area contributed by atoms with Crippen LogP contribution in [0.3, 0.4) is 0 Å². The Labute approximate surface area is 166 Å². The van der Waals surface area contributed by atoms with Crippen molar-refractivity contribution in [2.45, 2.75) is 26.8 Å². The number of hydrogen-bond acceptors (Lipinski definition) is 4. The number of anilines is 1. The van der Waals surface area contributed by atoms with Crippen molar-refractivity contribution < 1.29 is 4.79 Å². The zero-order valence-electron chi connectivity index (χ0n) is 15.5. The third kappa shape index (κ3) is 4.20. The van der Waals surface area contributed by atoms with Crippen molar-refractivity contribution in [2.75, 3.05) is 5.32 Å². The van der Waals surface area contributed by atoms with Gasteiger partial charge in [0, 0.05) is 17.6 Å². The van der Waals surface area contributed by atoms with E-state index in [-0.39, 0.29) is 18.1 Å². The van der Waals surface area contributed by atoms with E-state index in [1.165, 1.54) is 11.6 Å². The monoisotopic (exact) mass is 398 g/mol. The summed E-state index contributed by atoms with van der Waals surface area (Å²) in [5.41, 5.74) is 1.06. The molecule has 8 heteroatoms. The van der Waals surface area contributed by atoms with E-state index in [0.29, 0.717) is 22.8 Å². The zero-order chi connectivity index (χ0) is 20.3. The van der Waals surface area contributed by atoms with E-state index in [2.05, 4.69) is 10.4 Å². The molecule has 0 bridgehead atoms. The first-order valence-corrected chi connectivity index (χ1v) is 9.12. The van der Waals surface area contributed by atoms with Crippen LogP contribution in [0, 0.1) is 0 Å². The van der Waals surface area contributed by atoms with Gasteiger partial charge >= 0.3 is 5.69 Å². The van der Waals surface area contributed by atoms with Crippen LogP contribution < -0.4 is 16.6 Å². The maximum Gasteiger partial charge on any atom is 0.352 e. The van der Waals surface area contributed by atoms with E-state index in [4.69, 9.17) is 11.6 Å². The highest BCUT2D eigenvalue weighted by atomic mass is 35.5. The largest absolute Gasteiger partial charge is 0.352 e. The molecule has 0 aliphatic rings. The van der Waals surface area contributed by atoms with Crippen molar-refractivity contribution in [1.29, 1.82) is 0 Å². The molecule has 3 rings (SSSR count). The number of carbonyl (C=O) groups excluding carboxylic acids is 1. The molecule has 1 aromatic heterocycles. The van der Waals surface area contributed by atoms with Crippen LogP contribution in [0.2, 0.25) is 5.02 Å². The minimum Gasteiger partial charge on any atom is -0.326 e. The van der Waals surface area contributed by atoms with Gasteiger partial charge in [0.1, 0.15) is 5.69 Å². The van der Waals surface area contributed by atoms with E-state index in [1.807, 2.05) is 0 Å². The van der Waals surface area contributed by atoms with Crippen LogP contribution in [0.5, 0.6) is 0 Å². The number of halogens is 1. The van der Waals surface area contributed by atoms with Gasteiger partial charge in [-0.15, -0.1) is 0 Å². The summed E-state index contributed by atoms with van der Waals surface area (Å²) in [7, 11) is 0. The first-order valence-electron chi connectivity index (χ1n) is 8.74. The van der Waals surface area contributed by atoms with Gasteiger partial charge in [-0.05, 0) is 42.3 Å². The number of carbonyl (C=O) groups is 1. The summed E-state index contributed by atoms with van der Waals surface area (Å²) >= 11 is 5.91. The smallest absolute Gasteiger partial charge is 0.326 e. The second kappa shape index (κ2) is 8.22. The molecule has 1 heterocycles. The predicted molar refractivity (Wildman–Crippen MR) is 108 cm³/mol. The second-order valence-corrected chi connectivity index (χ2v) is 6.68. The molecule has 0 aliphatic carbocycles. The lowest BCUT2D eigenvalue weighted by molar-refractivity contribution is -0.114. The molecule has 28 heavy (non-hydrogen) atoms. The van der Waals surface area contributed by atoms with Gasteiger partial charge in [-0.3, -0.25) is 14.2 Å². The van der Waals surface area contributed by atoms with Gasteiger partial charge in [-0.1, -0.05) is 36.7 Å². The standard InChI is InChI=1S/C20H19ClN4O3/c1-3-18-19(27)24(12-14-7-9-15(21)10-8-14)20(28)25(23-18)17-6-4-5-16(11-17)22-13(2)26/h4-11H,3,12H2,1-2H3,(H,22,26). The number of rotatable bonds is 5. The van der Waals surface area contributed by atoms with Crippen molar-refractivity contribution in [3.63, 3.8) is 0 Å². The molecule has 0 saturated carbocycles. The van der Waals surface area contributed by atoms with Crippen molar-refractivity contribution in [1.82, 2.24) is 14.3 Å². The molecule has 0 unspecified atom stereocenters. The third-order valence-electron chi connectivity index (χ3n) is 4.12. The van der Waals surface area contributed by atoms with Crippen LogP contribution in [-0.4, -0.2) is 20.3 Å². The second-order valence-electron chi connectivity index (χ2n) is 6.24. The minimum absolute atomic E-state index is 0.107. The Balaban J connectivity index is 2.12. The summed E-state index contributed by atoms with van der Waals surface area (Å²) < 4.78 is 2.33. The Morgan fingerprint density at radius 1 is 1.14 bits per heavy atom. The Kier molecular flexibility index (Phi) is 5.75. The lowest BCUT2D eigenvalue weighted by Crippen LogP contribution is -2.43. The van der Waals surface area contributed by atoms with Crippen LogP contribution in [0.1, 0.15) is 25.1 Å². The van der Waals surface area contributed by atoms with Crippen molar-refractivity contribution >= 4 is 23.2 Å². The van der Waals surface area contributed by atoms with Gasteiger partial charge < -0.3 is 5.32 Å². The van der Waals surface area contributed by atoms with Gasteiger partial charge in [0.15, 0.2) is 0 Å². The highest BCUT2D eigenvalue weighted by Gasteiger charge is 2.14. The molecule has 0 aliphatic heterocycles. The molecule has 0 fully saturated rings. The lowest BCUT2D eigenvalue weighted by Gasteiger charge is -2.12. The number of nitrogens with zero attached hydrogens (tertiary/aromatic N) is 3. The fourth-order valence-electron chi connectivity index (χ4n) is 2.78. The third-order valence-corrected chi connectivity index (χ3v) is 4.38. The summed E-state index contributed by atoms with van der Waals surface area (Å²) in [5.74, 6) is -0.223. The van der Waals surface area contributed by atoms with E-state index in [9.17, 15) is 14.4 Å². The fraction of sp³-hybridized carbons (Fsp3) is 0.200. The molecule has 1 amide bonds. The molecular formula is C20H19ClN4O3. The highest BCUT2D eigenvalue weighted by molar-refractivity contribution is 6.30. The predicted octanol–water partition coefficient (Wildman–Crippen LogP) is 2.62. The Bertz CT molecular complexity index is 1130. The van der Waals surface area contributed by atoms with Gasteiger partial charge in [0.25, 0.3) is 5.56 Å². The molecule has 0 atom stereocenters. The SMILES string of the molecule is CCc1nn(-c2cccc(NC(C)=O)c2)c(=O)n(Cc2ccc(Cl)cc2)c1=O. The quantitative estimate of drug-likeness (QED) is 0.715. The van der Waals surface area contributed by atoms with E-state index >= 15 is 0 Å². The first-order chi connectivity index (χ1) is 13.4. The topological polar surface area (TPSA) is 86.0 Å². The number of aryl methyl sites for hydroxylation is 1. The number of benzene rings is 2. The molecule has 0 radical (unpaired) electrons. The Morgan fingerprint density at radius 2 is 1.86 bits per heavy atom. The summed E-state index contributed by atoms with van der Waals surface area (Å²) in [6.07, 6.45) is 0.380. The molecule has 0 saturated heterocycles. The van der Waals surface area contributed by atoms with E-state index in [0.717, 1.165) is 10.1 Å². The number of nitrogens with one attached hydrogen (secondary N) is 1. The van der Waals surface area contributed by atoms with E-state index < -0.39 is 11.2 Å². The average Bonchev–Trinajstić information content (AvgIpc) is 2.66. The molecule has 2 aromatic carbocycles. The van der Waals surface area contributed by atoms with Crippen molar-refractivity contribution in [3.8, 4) is 5.69 Å². The van der Waals surface area contributed by atoms with Crippen molar-refractivity contribution in [3.05, 3.63) is 85.6 Å². The fourth-order valence-corrected chi connectivity index (χ4v) is 2.91. The maximum absolute atomic E-state index is 13.0. The molecule has 0 spiro atoms. The van der Waals surface area contributed by atoms with Crippen LogP contribution >= 0.6 is 11.6 Å². The molecule has 144 valence electrons. The normalized spacial score (nSPS) is 10.7. The molecule has 7 nitrogen and oxygen atoms in total. The van der Waals surface area contributed by atoms with E-state index in [1.54, 1.807) is 55.5 Å². The summed E-state index contributed by atoms with van der Waals surface area (Å²) in [4.78, 5) is 37.0. The van der Waals surface area contributed by atoms with Crippen LogP contribution in [0.4, 0.5) is 5.69 Å². The number of aromatic nitrogens is 3. The average molecular weight is 399 g/mol. The van der Waals surface area contributed by atoms with Gasteiger partial charge in [-0.2, -0.15) is 9.78 Å². The van der Waals surface area contributed by atoms with Crippen molar-refractivity contribution in [2.24, 2.45) is 0 Å².